The summed E-state index contributed by atoms with van der Waals surface area (Å²) in [5, 5.41) is 10.8. The molecule has 42 heavy (non-hydrogen) atoms. The van der Waals surface area contributed by atoms with E-state index in [2.05, 4.69) is 21.3 Å². The maximum atomic E-state index is 11.6. The van der Waals surface area contributed by atoms with Crippen LogP contribution in [-0.4, -0.2) is 65.8 Å². The van der Waals surface area contributed by atoms with E-state index in [4.69, 9.17) is 19.5 Å². The summed E-state index contributed by atoms with van der Waals surface area (Å²) >= 11 is -5.02. The first kappa shape index (κ1) is 37.8. The monoisotopic (exact) mass is 653 g/mol. The molecule has 2 atom stereocenters. The van der Waals surface area contributed by atoms with E-state index >= 15 is 0 Å². The fourth-order valence-corrected chi connectivity index (χ4v) is 6.51. The van der Waals surface area contributed by atoms with Crippen molar-refractivity contribution < 1.29 is 40.8 Å². The van der Waals surface area contributed by atoms with E-state index in [1.807, 2.05) is 38.0 Å². The van der Waals surface area contributed by atoms with E-state index in [0.29, 0.717) is 31.8 Å². The van der Waals surface area contributed by atoms with Crippen molar-refractivity contribution in [3.63, 3.8) is 0 Å². The van der Waals surface area contributed by atoms with E-state index < -0.39 is 30.7 Å². The van der Waals surface area contributed by atoms with Gasteiger partial charge < -0.3 is 14.2 Å². The predicted molar refractivity (Wildman–Crippen MR) is 161 cm³/mol. The molecule has 0 spiro atoms. The SMILES string of the molecule is CC(=O)NC1([As](=O)(O)OO)C=CC=CC1.CCOC(OCC)C(=C=O)CCCCCCCCCOCc1ccccc1. The Morgan fingerprint density at radius 1 is 1.02 bits per heavy atom. The van der Waals surface area contributed by atoms with Crippen molar-refractivity contribution in [2.75, 3.05) is 19.8 Å². The summed E-state index contributed by atoms with van der Waals surface area (Å²) < 4.78 is 39.9. The molecule has 236 valence electrons. The number of nitrogens with one attached hydrogen (secondary N) is 1. The summed E-state index contributed by atoms with van der Waals surface area (Å²) in [5.41, 5.74) is 1.84. The molecule has 2 rings (SSSR count). The number of hydrogen-bond donors (Lipinski definition) is 3. The van der Waals surface area contributed by atoms with Gasteiger partial charge in [0.1, 0.15) is 5.94 Å². The Kier molecular flexibility index (Phi) is 20.1. The van der Waals surface area contributed by atoms with Gasteiger partial charge in [-0.3, -0.25) is 0 Å². The van der Waals surface area contributed by atoms with Crippen LogP contribution in [0.3, 0.4) is 0 Å². The first-order valence-corrected chi connectivity index (χ1v) is 17.9. The topological polar surface area (TPSA) is 141 Å². The van der Waals surface area contributed by atoms with Crippen molar-refractivity contribution in [3.8, 4) is 0 Å². The van der Waals surface area contributed by atoms with E-state index in [1.54, 1.807) is 12.2 Å². The molecular weight excluding hydrogens is 605 g/mol. The zero-order chi connectivity index (χ0) is 31.1. The minimum absolute atomic E-state index is 0.108. The average molecular weight is 654 g/mol. The van der Waals surface area contributed by atoms with Crippen molar-refractivity contribution in [1.82, 2.24) is 5.32 Å². The molecule has 1 amide bonds. The Morgan fingerprint density at radius 3 is 2.17 bits per heavy atom. The summed E-state index contributed by atoms with van der Waals surface area (Å²) in [4.78, 5) is 22.1. The van der Waals surface area contributed by atoms with Crippen molar-refractivity contribution in [2.24, 2.45) is 0 Å². The molecule has 1 aliphatic carbocycles. The largest absolute Gasteiger partial charge is 0.377 e. The van der Waals surface area contributed by atoms with Crippen molar-refractivity contribution >= 4 is 26.0 Å². The third kappa shape index (κ3) is 14.8. The number of allylic oxidation sites excluding steroid dienone is 2. The summed E-state index contributed by atoms with van der Waals surface area (Å²) in [6.45, 7) is 7.63. The number of hydrogen-bond acceptors (Lipinski definition) is 8. The van der Waals surface area contributed by atoms with Crippen LogP contribution in [0.1, 0.15) is 84.1 Å². The van der Waals surface area contributed by atoms with E-state index in [-0.39, 0.29) is 6.42 Å². The third-order valence-electron chi connectivity index (χ3n) is 6.45. The van der Waals surface area contributed by atoms with Gasteiger partial charge in [-0.05, 0) is 38.7 Å². The number of benzene rings is 1. The minimum atomic E-state index is -5.02. The van der Waals surface area contributed by atoms with Gasteiger partial charge in [-0.2, -0.15) is 0 Å². The van der Waals surface area contributed by atoms with Gasteiger partial charge in [-0.25, -0.2) is 4.79 Å². The number of carbonyl (C=O) groups excluding carboxylic acids is 2. The minimum Gasteiger partial charge on any atom is -0.377 e. The molecule has 0 aromatic heterocycles. The number of unbranched alkanes of at least 4 members (excludes halogenated alkanes) is 6. The van der Waals surface area contributed by atoms with E-state index in [1.165, 1.54) is 50.3 Å². The van der Waals surface area contributed by atoms with Gasteiger partial charge in [0.05, 0.1) is 12.2 Å². The van der Waals surface area contributed by atoms with Gasteiger partial charge in [0.2, 0.25) is 0 Å². The second-order valence-electron chi connectivity index (χ2n) is 9.83. The molecule has 2 unspecified atom stereocenters. The molecule has 1 aromatic carbocycles. The number of ether oxygens (including phenoxy) is 3. The summed E-state index contributed by atoms with van der Waals surface area (Å²) in [6, 6.07) is 10.3. The zero-order valence-electron chi connectivity index (χ0n) is 25.2. The number of rotatable bonds is 20. The van der Waals surface area contributed by atoms with Crippen LogP contribution in [0.25, 0.3) is 0 Å². The Hall–Kier alpha value is -2.26. The van der Waals surface area contributed by atoms with Crippen LogP contribution in [0.2, 0.25) is 0 Å². The van der Waals surface area contributed by atoms with Crippen molar-refractivity contribution in [2.45, 2.75) is 95.8 Å². The standard InChI is InChI=1S/C23H36O4.C8H12AsNO5/c1-3-26-23(27-4-2)22(19-24)17-13-8-6-5-7-9-14-18-25-20-21-15-11-10-12-16-21;1-7(11)10-8(9(12,13)15-14)5-3-2-4-6-8/h10-12,15-16,23H,3-9,13-14,17-18,20H2,1-2H3;2-5,14H,6H2,1H3,(H,10,11)(H,12,13). The van der Waals surface area contributed by atoms with Crippen LogP contribution in [0.15, 0.2) is 60.2 Å². The van der Waals surface area contributed by atoms with Crippen LogP contribution >= 0.6 is 0 Å². The van der Waals surface area contributed by atoms with Crippen LogP contribution < -0.4 is 5.32 Å². The van der Waals surface area contributed by atoms with E-state index in [9.17, 15) is 17.4 Å². The van der Waals surface area contributed by atoms with Crippen molar-refractivity contribution in [1.29, 1.82) is 0 Å². The Morgan fingerprint density at radius 2 is 1.64 bits per heavy atom. The molecule has 1 aliphatic rings. The van der Waals surface area contributed by atoms with Crippen molar-refractivity contribution in [3.05, 3.63) is 65.8 Å². The normalized spacial score (nSPS) is 17.2. The Bertz CT molecular complexity index is 1030. The molecule has 1 aromatic rings. The number of carbonyl (C=O) groups is 1. The predicted octanol–water partition coefficient (Wildman–Crippen LogP) is 5.25. The maximum absolute atomic E-state index is 11.6. The Labute approximate surface area is 253 Å². The quantitative estimate of drug-likeness (QED) is 0.0430. The summed E-state index contributed by atoms with van der Waals surface area (Å²) in [6.07, 6.45) is 14.6. The first-order chi connectivity index (χ1) is 20.2. The fraction of sp³-hybridized carbons (Fsp3) is 0.581. The zero-order valence-corrected chi connectivity index (χ0v) is 27.0. The molecule has 10 nitrogen and oxygen atoms in total. The molecule has 0 radical (unpaired) electrons. The number of amides is 1. The van der Waals surface area contributed by atoms with Gasteiger partial charge >= 0.3 is 89.1 Å². The molecule has 0 aliphatic heterocycles. The average Bonchev–Trinajstić information content (AvgIpc) is 2.99. The molecule has 11 heteroatoms. The molecule has 3 N–H and O–H groups in total. The maximum Gasteiger partial charge on any atom is 0.190 e. The van der Waals surface area contributed by atoms with Gasteiger partial charge in [0, 0.05) is 19.8 Å². The molecule has 0 saturated heterocycles. The van der Waals surface area contributed by atoms with E-state index in [0.717, 1.165) is 25.9 Å². The molecule has 0 bridgehead atoms. The van der Waals surface area contributed by atoms with Gasteiger partial charge in [-0.15, -0.1) is 0 Å². The smallest absolute Gasteiger partial charge is 0.190 e. The van der Waals surface area contributed by atoms with Crippen LogP contribution in [0.4, 0.5) is 0 Å². The fourth-order valence-electron chi connectivity index (χ4n) is 4.30. The third-order valence-corrected chi connectivity index (χ3v) is 9.96. The van der Waals surface area contributed by atoms with Crippen LogP contribution in [-0.2, 0) is 38.0 Å². The van der Waals surface area contributed by atoms with Gasteiger partial charge in [0.15, 0.2) is 6.29 Å². The van der Waals surface area contributed by atoms with Gasteiger partial charge in [0.25, 0.3) is 0 Å². The summed E-state index contributed by atoms with van der Waals surface area (Å²) in [7, 11) is 0. The van der Waals surface area contributed by atoms with Crippen LogP contribution in [0, 0.1) is 0 Å². The molecule has 0 saturated carbocycles. The molecular formula is C31H48AsNO9. The summed E-state index contributed by atoms with van der Waals surface area (Å²) in [5.74, 6) is 1.55. The molecule has 0 fully saturated rings. The Balaban J connectivity index is 0.000000495. The second-order valence-corrected chi connectivity index (χ2v) is 14.0. The second kappa shape index (κ2) is 22.3. The first-order valence-electron chi connectivity index (χ1n) is 14.6. The van der Waals surface area contributed by atoms with Crippen LogP contribution in [0.5, 0.6) is 0 Å². The molecule has 0 heterocycles. The van der Waals surface area contributed by atoms with Gasteiger partial charge in [-0.1, -0.05) is 62.4 Å².